The summed E-state index contributed by atoms with van der Waals surface area (Å²) < 4.78 is 13.4. The average Bonchev–Trinajstić information content (AvgIpc) is 2.74. The first-order chi connectivity index (χ1) is 8.65. The van der Waals surface area contributed by atoms with Gasteiger partial charge >= 0.3 is 0 Å². The van der Waals surface area contributed by atoms with Crippen LogP contribution in [0.2, 0.25) is 0 Å². The van der Waals surface area contributed by atoms with Crippen LogP contribution in [0.15, 0.2) is 36.4 Å². The fourth-order valence-electron chi connectivity index (χ4n) is 1.89. The van der Waals surface area contributed by atoms with Gasteiger partial charge in [0, 0.05) is 27.9 Å². The van der Waals surface area contributed by atoms with Crippen LogP contribution in [-0.4, -0.2) is 6.04 Å². The predicted molar refractivity (Wildman–Crippen MR) is 75.5 cm³/mol. The molecule has 0 saturated heterocycles. The first kappa shape index (κ1) is 13.2. The monoisotopic (exact) mass is 263 g/mol. The van der Waals surface area contributed by atoms with E-state index in [9.17, 15) is 4.39 Å². The van der Waals surface area contributed by atoms with E-state index in [2.05, 4.69) is 31.3 Å². The highest BCUT2D eigenvalue weighted by molar-refractivity contribution is 7.11. The molecule has 96 valence electrons. The number of halogens is 1. The van der Waals surface area contributed by atoms with Crippen molar-refractivity contribution in [1.29, 1.82) is 0 Å². The molecule has 0 saturated carbocycles. The molecule has 18 heavy (non-hydrogen) atoms. The largest absolute Gasteiger partial charge is 0.310 e. The Morgan fingerprint density at radius 2 is 2.00 bits per heavy atom. The van der Waals surface area contributed by atoms with Gasteiger partial charge < -0.3 is 5.32 Å². The zero-order chi connectivity index (χ0) is 13.0. The molecule has 1 atom stereocenters. The topological polar surface area (TPSA) is 12.0 Å². The van der Waals surface area contributed by atoms with Crippen LogP contribution in [0.1, 0.15) is 22.2 Å². The number of hydrogen-bond acceptors (Lipinski definition) is 2. The molecule has 0 bridgehead atoms. The Balaban J connectivity index is 1.85. The summed E-state index contributed by atoms with van der Waals surface area (Å²) in [5.41, 5.74) is 0.728. The lowest BCUT2D eigenvalue weighted by Crippen LogP contribution is -2.27. The number of hydrogen-bond donors (Lipinski definition) is 1. The highest BCUT2D eigenvalue weighted by Gasteiger charge is 2.06. The summed E-state index contributed by atoms with van der Waals surface area (Å²) in [6.07, 6.45) is 0.993. The minimum Gasteiger partial charge on any atom is -0.310 e. The molecule has 0 aliphatic heterocycles. The Bertz CT molecular complexity index is 507. The third-order valence-electron chi connectivity index (χ3n) is 2.90. The van der Waals surface area contributed by atoms with Gasteiger partial charge in [-0.3, -0.25) is 0 Å². The van der Waals surface area contributed by atoms with E-state index in [1.807, 2.05) is 23.5 Å². The Morgan fingerprint density at radius 3 is 2.67 bits per heavy atom. The molecule has 0 aliphatic carbocycles. The third-order valence-corrected chi connectivity index (χ3v) is 3.93. The van der Waals surface area contributed by atoms with Crippen molar-refractivity contribution < 1.29 is 4.39 Å². The Labute approximate surface area is 112 Å². The van der Waals surface area contributed by atoms with E-state index in [1.165, 1.54) is 15.8 Å². The molecule has 0 amide bonds. The molecule has 0 radical (unpaired) electrons. The summed E-state index contributed by atoms with van der Waals surface area (Å²) in [5, 5.41) is 3.36. The molecule has 3 heteroatoms. The maximum atomic E-state index is 13.4. The van der Waals surface area contributed by atoms with Crippen LogP contribution < -0.4 is 5.32 Å². The molecule has 0 spiro atoms. The van der Waals surface area contributed by atoms with Gasteiger partial charge in [-0.2, -0.15) is 0 Å². The van der Waals surface area contributed by atoms with Crippen LogP contribution in [0.3, 0.4) is 0 Å². The molecular formula is C15H18FNS. The van der Waals surface area contributed by atoms with Crippen molar-refractivity contribution in [2.75, 3.05) is 0 Å². The van der Waals surface area contributed by atoms with Crippen molar-refractivity contribution in [1.82, 2.24) is 5.32 Å². The second-order valence-electron chi connectivity index (χ2n) is 4.59. The van der Waals surface area contributed by atoms with Crippen molar-refractivity contribution in [2.24, 2.45) is 0 Å². The minimum atomic E-state index is -0.135. The van der Waals surface area contributed by atoms with Gasteiger partial charge in [0.05, 0.1) is 0 Å². The third kappa shape index (κ3) is 3.65. The van der Waals surface area contributed by atoms with Crippen molar-refractivity contribution in [3.63, 3.8) is 0 Å². The van der Waals surface area contributed by atoms with Crippen molar-refractivity contribution in [2.45, 2.75) is 32.9 Å². The number of thiophene rings is 1. The van der Waals surface area contributed by atoms with E-state index in [4.69, 9.17) is 0 Å². The lowest BCUT2D eigenvalue weighted by Gasteiger charge is -2.13. The second kappa shape index (κ2) is 6.12. The van der Waals surface area contributed by atoms with Gasteiger partial charge in [0.1, 0.15) is 5.82 Å². The average molecular weight is 263 g/mol. The van der Waals surface area contributed by atoms with Crippen molar-refractivity contribution in [3.8, 4) is 0 Å². The fraction of sp³-hybridized carbons (Fsp3) is 0.333. The number of rotatable bonds is 5. The van der Waals surface area contributed by atoms with Crippen molar-refractivity contribution >= 4 is 11.3 Å². The summed E-state index contributed by atoms with van der Waals surface area (Å²) >= 11 is 1.83. The molecule has 0 fully saturated rings. The number of benzene rings is 1. The molecule has 1 aromatic carbocycles. The minimum absolute atomic E-state index is 0.135. The standard InChI is InChI=1S/C15H18FNS/c1-11(9-14-8-7-12(2)18-14)17-10-13-5-3-4-6-15(13)16/h3-8,11,17H,9-10H2,1-2H3. The molecule has 1 N–H and O–H groups in total. The van der Waals surface area contributed by atoms with Crippen LogP contribution in [0.25, 0.3) is 0 Å². The molecule has 1 unspecified atom stereocenters. The molecule has 1 nitrogen and oxygen atoms in total. The Kier molecular flexibility index (Phi) is 4.50. The molecule has 2 aromatic rings. The van der Waals surface area contributed by atoms with Crippen LogP contribution >= 0.6 is 11.3 Å². The lowest BCUT2D eigenvalue weighted by molar-refractivity contribution is 0.527. The lowest BCUT2D eigenvalue weighted by atomic mass is 10.1. The molecule has 0 aliphatic rings. The summed E-state index contributed by atoms with van der Waals surface area (Å²) in [5.74, 6) is -0.135. The van der Waals surface area contributed by atoms with Crippen LogP contribution in [0, 0.1) is 12.7 Å². The summed E-state index contributed by atoms with van der Waals surface area (Å²) in [6.45, 7) is 4.83. The zero-order valence-electron chi connectivity index (χ0n) is 10.7. The maximum Gasteiger partial charge on any atom is 0.127 e. The first-order valence-corrected chi connectivity index (χ1v) is 6.99. The van der Waals surface area contributed by atoms with E-state index < -0.39 is 0 Å². The summed E-state index contributed by atoms with van der Waals surface area (Å²) in [7, 11) is 0. The van der Waals surface area contributed by atoms with E-state index >= 15 is 0 Å². The number of aryl methyl sites for hydroxylation is 1. The fourth-order valence-corrected chi connectivity index (χ4v) is 2.91. The highest BCUT2D eigenvalue weighted by atomic mass is 32.1. The summed E-state index contributed by atoms with van der Waals surface area (Å²) in [6, 6.07) is 11.6. The van der Waals surface area contributed by atoms with E-state index in [0.29, 0.717) is 12.6 Å². The van der Waals surface area contributed by atoms with Gasteiger partial charge in [-0.25, -0.2) is 4.39 Å². The maximum absolute atomic E-state index is 13.4. The van der Waals surface area contributed by atoms with Crippen LogP contribution in [-0.2, 0) is 13.0 Å². The summed E-state index contributed by atoms with van der Waals surface area (Å²) in [4.78, 5) is 2.72. The molecule has 1 aromatic heterocycles. The quantitative estimate of drug-likeness (QED) is 0.862. The Hall–Kier alpha value is -1.19. The second-order valence-corrected chi connectivity index (χ2v) is 5.96. The van der Waals surface area contributed by atoms with Gasteiger partial charge in [-0.1, -0.05) is 18.2 Å². The SMILES string of the molecule is Cc1ccc(CC(C)NCc2ccccc2F)s1. The van der Waals surface area contributed by atoms with Gasteiger partial charge in [-0.05, 0) is 38.5 Å². The van der Waals surface area contributed by atoms with E-state index in [1.54, 1.807) is 6.07 Å². The van der Waals surface area contributed by atoms with Gasteiger partial charge in [0.15, 0.2) is 0 Å². The molecule has 2 rings (SSSR count). The van der Waals surface area contributed by atoms with Crippen molar-refractivity contribution in [3.05, 3.63) is 57.5 Å². The Morgan fingerprint density at radius 1 is 1.22 bits per heavy atom. The van der Waals surface area contributed by atoms with Gasteiger partial charge in [0.25, 0.3) is 0 Å². The van der Waals surface area contributed by atoms with Crippen LogP contribution in [0.4, 0.5) is 4.39 Å². The van der Waals surface area contributed by atoms with Gasteiger partial charge in [0.2, 0.25) is 0 Å². The van der Waals surface area contributed by atoms with E-state index in [-0.39, 0.29) is 5.82 Å². The highest BCUT2D eigenvalue weighted by Crippen LogP contribution is 2.17. The smallest absolute Gasteiger partial charge is 0.127 e. The molecular weight excluding hydrogens is 245 g/mol. The first-order valence-electron chi connectivity index (χ1n) is 6.17. The van der Waals surface area contributed by atoms with E-state index in [0.717, 1.165) is 12.0 Å². The van der Waals surface area contributed by atoms with Gasteiger partial charge in [-0.15, -0.1) is 11.3 Å². The normalized spacial score (nSPS) is 12.6. The zero-order valence-corrected chi connectivity index (χ0v) is 11.6. The number of nitrogens with one attached hydrogen (secondary N) is 1. The van der Waals surface area contributed by atoms with Crippen LogP contribution in [0.5, 0.6) is 0 Å². The predicted octanol–water partition coefficient (Wildman–Crippen LogP) is 3.92. The molecule has 1 heterocycles.